The van der Waals surface area contributed by atoms with Gasteiger partial charge in [-0.3, -0.25) is 0 Å². The number of aromatic carboxylic acids is 1. The van der Waals surface area contributed by atoms with Crippen LogP contribution in [0.25, 0.3) is 0 Å². The van der Waals surface area contributed by atoms with E-state index in [1.807, 2.05) is 0 Å². The molecule has 1 saturated carbocycles. The molecule has 0 bridgehead atoms. The van der Waals surface area contributed by atoms with Crippen LogP contribution in [0.3, 0.4) is 0 Å². The number of hydrogen-bond donors (Lipinski definition) is 1. The van der Waals surface area contributed by atoms with E-state index in [-0.39, 0.29) is 5.69 Å². The molecule has 2 unspecified atom stereocenters. The van der Waals surface area contributed by atoms with Gasteiger partial charge in [0.25, 0.3) is 0 Å². The van der Waals surface area contributed by atoms with Crippen LogP contribution >= 0.6 is 11.3 Å². The van der Waals surface area contributed by atoms with Crippen molar-refractivity contribution >= 4 is 17.3 Å². The molecule has 3 nitrogen and oxygen atoms in total. The third-order valence-corrected chi connectivity index (χ3v) is 3.79. The van der Waals surface area contributed by atoms with Crippen molar-refractivity contribution in [1.29, 1.82) is 0 Å². The van der Waals surface area contributed by atoms with Gasteiger partial charge in [0.2, 0.25) is 0 Å². The van der Waals surface area contributed by atoms with Crippen LogP contribution < -0.4 is 0 Å². The fourth-order valence-electron chi connectivity index (χ4n) is 2.00. The van der Waals surface area contributed by atoms with Crippen molar-refractivity contribution in [3.05, 3.63) is 16.1 Å². The van der Waals surface area contributed by atoms with Gasteiger partial charge < -0.3 is 5.11 Å². The molecule has 0 saturated heterocycles. The van der Waals surface area contributed by atoms with E-state index in [9.17, 15) is 4.79 Å². The largest absolute Gasteiger partial charge is 0.476 e. The Hall–Kier alpha value is -0.900. The molecule has 1 aliphatic carbocycles. The van der Waals surface area contributed by atoms with E-state index >= 15 is 0 Å². The maximum absolute atomic E-state index is 10.6. The minimum atomic E-state index is -0.918. The van der Waals surface area contributed by atoms with Gasteiger partial charge in [0.1, 0.15) is 0 Å². The smallest absolute Gasteiger partial charge is 0.355 e. The van der Waals surface area contributed by atoms with Crippen LogP contribution in [0.1, 0.15) is 47.6 Å². The third-order valence-electron chi connectivity index (χ3n) is 2.79. The molecule has 1 aliphatic rings. The Morgan fingerprint density at radius 1 is 1.64 bits per heavy atom. The Balaban J connectivity index is 2.13. The topological polar surface area (TPSA) is 50.2 Å². The van der Waals surface area contributed by atoms with Gasteiger partial charge in [-0.2, -0.15) is 0 Å². The van der Waals surface area contributed by atoms with E-state index in [1.165, 1.54) is 17.8 Å². The average molecular weight is 211 g/mol. The van der Waals surface area contributed by atoms with Gasteiger partial charge in [-0.1, -0.05) is 13.3 Å². The van der Waals surface area contributed by atoms with Gasteiger partial charge in [-0.25, -0.2) is 9.78 Å². The Labute approximate surface area is 86.8 Å². The van der Waals surface area contributed by atoms with Crippen molar-refractivity contribution in [3.63, 3.8) is 0 Å². The van der Waals surface area contributed by atoms with Crippen LogP contribution in [0.5, 0.6) is 0 Å². The lowest BCUT2D eigenvalue weighted by Crippen LogP contribution is -1.98. The number of aromatic nitrogens is 1. The summed E-state index contributed by atoms with van der Waals surface area (Å²) in [5.41, 5.74) is 0.199. The quantitative estimate of drug-likeness (QED) is 0.818. The van der Waals surface area contributed by atoms with E-state index in [1.54, 1.807) is 5.38 Å². The molecule has 1 fully saturated rings. The molecule has 0 radical (unpaired) electrons. The van der Waals surface area contributed by atoms with Crippen LogP contribution in [0.15, 0.2) is 5.38 Å². The summed E-state index contributed by atoms with van der Waals surface area (Å²) in [6.07, 6.45) is 3.56. The highest BCUT2D eigenvalue weighted by Crippen LogP contribution is 2.38. The van der Waals surface area contributed by atoms with Gasteiger partial charge in [0.05, 0.1) is 5.01 Å². The van der Waals surface area contributed by atoms with Crippen molar-refractivity contribution in [2.24, 2.45) is 5.92 Å². The van der Waals surface area contributed by atoms with E-state index in [0.717, 1.165) is 23.8 Å². The number of carbonyl (C=O) groups is 1. The number of nitrogens with zero attached hydrogens (tertiary/aromatic N) is 1. The molecule has 0 amide bonds. The van der Waals surface area contributed by atoms with E-state index in [4.69, 9.17) is 5.11 Å². The van der Waals surface area contributed by atoms with Crippen molar-refractivity contribution in [2.45, 2.75) is 32.1 Å². The molecule has 1 heterocycles. The predicted molar refractivity (Wildman–Crippen MR) is 54.8 cm³/mol. The molecule has 1 N–H and O–H groups in total. The van der Waals surface area contributed by atoms with E-state index in [2.05, 4.69) is 11.9 Å². The standard InChI is InChI=1S/C10H13NO2S/c1-6-2-3-7(4-6)9-11-8(5-14-9)10(12)13/h5-7H,2-4H2,1H3,(H,12,13). The zero-order valence-electron chi connectivity index (χ0n) is 8.06. The van der Waals surface area contributed by atoms with E-state index < -0.39 is 5.97 Å². The molecule has 2 rings (SSSR count). The Kier molecular flexibility index (Phi) is 2.54. The van der Waals surface area contributed by atoms with Gasteiger partial charge in [-0.15, -0.1) is 11.3 Å². The summed E-state index contributed by atoms with van der Waals surface area (Å²) >= 11 is 1.49. The molecule has 1 aromatic rings. The van der Waals surface area contributed by atoms with Crippen molar-refractivity contribution < 1.29 is 9.90 Å². The van der Waals surface area contributed by atoms with Crippen LogP contribution in [0, 0.1) is 5.92 Å². The van der Waals surface area contributed by atoms with Gasteiger partial charge in [0, 0.05) is 11.3 Å². The van der Waals surface area contributed by atoms with Gasteiger partial charge in [0.15, 0.2) is 5.69 Å². The van der Waals surface area contributed by atoms with E-state index in [0.29, 0.717) is 5.92 Å². The maximum Gasteiger partial charge on any atom is 0.355 e. The summed E-state index contributed by atoms with van der Waals surface area (Å²) in [4.78, 5) is 14.8. The summed E-state index contributed by atoms with van der Waals surface area (Å²) in [6.45, 7) is 2.24. The second-order valence-electron chi connectivity index (χ2n) is 3.99. The molecule has 76 valence electrons. The first kappa shape index (κ1) is 9.65. The van der Waals surface area contributed by atoms with Gasteiger partial charge >= 0.3 is 5.97 Å². The minimum Gasteiger partial charge on any atom is -0.476 e. The first-order valence-corrected chi connectivity index (χ1v) is 5.73. The maximum atomic E-state index is 10.6. The monoisotopic (exact) mass is 211 g/mol. The number of thiazole rings is 1. The van der Waals surface area contributed by atoms with Crippen LogP contribution in [-0.2, 0) is 0 Å². The highest BCUT2D eigenvalue weighted by atomic mass is 32.1. The van der Waals surface area contributed by atoms with Crippen LogP contribution in [0.2, 0.25) is 0 Å². The molecule has 4 heteroatoms. The van der Waals surface area contributed by atoms with Crippen LogP contribution in [-0.4, -0.2) is 16.1 Å². The fraction of sp³-hybridized carbons (Fsp3) is 0.600. The Morgan fingerprint density at radius 2 is 2.43 bits per heavy atom. The molecule has 0 aromatic carbocycles. The Morgan fingerprint density at radius 3 is 2.93 bits per heavy atom. The molecular weight excluding hydrogens is 198 g/mol. The number of rotatable bonds is 2. The highest BCUT2D eigenvalue weighted by molar-refractivity contribution is 7.09. The van der Waals surface area contributed by atoms with Crippen LogP contribution in [0.4, 0.5) is 0 Å². The first-order chi connectivity index (χ1) is 6.66. The number of carboxylic acid groups (broad SMARTS) is 1. The summed E-state index contributed by atoms with van der Waals surface area (Å²) < 4.78 is 0. The highest BCUT2D eigenvalue weighted by Gasteiger charge is 2.25. The molecular formula is C10H13NO2S. The van der Waals surface area contributed by atoms with Crippen molar-refractivity contribution in [3.8, 4) is 0 Å². The molecule has 1 aromatic heterocycles. The summed E-state index contributed by atoms with van der Waals surface area (Å²) in [6, 6.07) is 0. The zero-order valence-corrected chi connectivity index (χ0v) is 8.88. The predicted octanol–water partition coefficient (Wildman–Crippen LogP) is 2.74. The summed E-state index contributed by atoms with van der Waals surface area (Å²) in [5.74, 6) is 0.346. The average Bonchev–Trinajstić information content (AvgIpc) is 2.70. The third kappa shape index (κ3) is 1.80. The second kappa shape index (κ2) is 3.69. The summed E-state index contributed by atoms with van der Waals surface area (Å²) in [7, 11) is 0. The second-order valence-corrected chi connectivity index (χ2v) is 4.88. The number of carboxylic acids is 1. The lowest BCUT2D eigenvalue weighted by Gasteiger charge is -2.03. The van der Waals surface area contributed by atoms with Gasteiger partial charge in [-0.05, 0) is 18.8 Å². The molecule has 2 atom stereocenters. The normalized spacial score (nSPS) is 26.6. The molecule has 0 spiro atoms. The lowest BCUT2D eigenvalue weighted by atomic mass is 10.1. The minimum absolute atomic E-state index is 0.199. The fourth-order valence-corrected chi connectivity index (χ4v) is 2.95. The Bertz CT molecular complexity index is 348. The first-order valence-electron chi connectivity index (χ1n) is 4.85. The SMILES string of the molecule is CC1CCC(c2nc(C(=O)O)cs2)C1. The van der Waals surface area contributed by atoms with Crippen molar-refractivity contribution in [1.82, 2.24) is 4.98 Å². The lowest BCUT2D eigenvalue weighted by molar-refractivity contribution is 0.0691. The molecule has 0 aliphatic heterocycles. The molecule has 14 heavy (non-hydrogen) atoms. The van der Waals surface area contributed by atoms with Crippen molar-refractivity contribution in [2.75, 3.05) is 0 Å². The number of hydrogen-bond acceptors (Lipinski definition) is 3. The summed E-state index contributed by atoms with van der Waals surface area (Å²) in [5, 5.41) is 11.4. The zero-order chi connectivity index (χ0) is 10.1.